The molecule has 1 aromatic rings. The van der Waals surface area contributed by atoms with Crippen LogP contribution in [-0.2, 0) is 4.74 Å². The molecular weight excluding hydrogens is 246 g/mol. The summed E-state index contributed by atoms with van der Waals surface area (Å²) in [6.07, 6.45) is 2.67. The van der Waals surface area contributed by atoms with E-state index < -0.39 is 0 Å². The molecule has 1 saturated heterocycles. The van der Waals surface area contributed by atoms with Gasteiger partial charge in [0.25, 0.3) is 0 Å². The smallest absolute Gasteiger partial charge is 0.140 e. The number of nitrogens with two attached hydrogens (primary N) is 1. The van der Waals surface area contributed by atoms with Gasteiger partial charge in [0.1, 0.15) is 5.82 Å². The fraction of sp³-hybridized carbons (Fsp3) is 0.444. The number of ether oxygens (including phenoxy) is 1. The van der Waals surface area contributed by atoms with Crippen LogP contribution in [0.4, 0.5) is 11.5 Å². The number of nitrogens with one attached hydrogen (secondary N) is 1. The highest BCUT2D eigenvalue weighted by atomic mass is 79.9. The number of nitrogens with zero attached hydrogens (tertiary/aromatic N) is 1. The maximum atomic E-state index is 5.59. The molecule has 0 aliphatic carbocycles. The van der Waals surface area contributed by atoms with E-state index in [9.17, 15) is 0 Å². The molecule has 2 rings (SSSR count). The van der Waals surface area contributed by atoms with Crippen LogP contribution in [0.3, 0.4) is 0 Å². The number of nitrogen functional groups attached to an aromatic ring is 1. The van der Waals surface area contributed by atoms with Gasteiger partial charge in [-0.15, -0.1) is 0 Å². The van der Waals surface area contributed by atoms with Gasteiger partial charge in [0.15, 0.2) is 0 Å². The van der Waals surface area contributed by atoms with E-state index in [-0.39, 0.29) is 0 Å². The van der Waals surface area contributed by atoms with Gasteiger partial charge in [-0.25, -0.2) is 4.98 Å². The summed E-state index contributed by atoms with van der Waals surface area (Å²) in [6.45, 7) is 1.57. The topological polar surface area (TPSA) is 60.2 Å². The molecule has 0 spiro atoms. The van der Waals surface area contributed by atoms with Crippen molar-refractivity contribution in [3.05, 3.63) is 16.7 Å². The number of pyridine rings is 1. The summed E-state index contributed by atoms with van der Waals surface area (Å²) in [4.78, 5) is 4.20. The fourth-order valence-electron chi connectivity index (χ4n) is 1.40. The maximum Gasteiger partial charge on any atom is 0.140 e. The van der Waals surface area contributed by atoms with Crippen LogP contribution in [0.25, 0.3) is 0 Å². The number of hydrogen-bond donors (Lipinski definition) is 2. The van der Waals surface area contributed by atoms with Gasteiger partial charge in [0.05, 0.1) is 29.0 Å². The van der Waals surface area contributed by atoms with Gasteiger partial charge in [-0.3, -0.25) is 0 Å². The van der Waals surface area contributed by atoms with Crippen LogP contribution in [0.15, 0.2) is 16.7 Å². The highest BCUT2D eigenvalue weighted by Crippen LogP contribution is 2.23. The van der Waals surface area contributed by atoms with Gasteiger partial charge < -0.3 is 15.8 Å². The molecule has 1 aliphatic rings. The summed E-state index contributed by atoms with van der Waals surface area (Å²) in [5.74, 6) is 0.828. The quantitative estimate of drug-likeness (QED) is 0.846. The summed E-state index contributed by atoms with van der Waals surface area (Å²) in [5, 5.41) is 3.30. The normalized spacial score (nSPS) is 21.1. The Balaban J connectivity index is 2.08. The van der Waals surface area contributed by atoms with Crippen molar-refractivity contribution < 1.29 is 4.74 Å². The molecule has 1 fully saturated rings. The first-order chi connectivity index (χ1) is 6.75. The third-order valence-electron chi connectivity index (χ3n) is 2.13. The predicted molar refractivity (Wildman–Crippen MR) is 59.2 cm³/mol. The molecule has 0 amide bonds. The third-order valence-corrected chi connectivity index (χ3v) is 2.74. The summed E-state index contributed by atoms with van der Waals surface area (Å²) < 4.78 is 6.16. The van der Waals surface area contributed by atoms with E-state index in [0.29, 0.717) is 11.7 Å². The molecule has 0 bridgehead atoms. The van der Waals surface area contributed by atoms with Crippen molar-refractivity contribution in [1.29, 1.82) is 0 Å². The molecule has 5 heteroatoms. The minimum atomic E-state index is 0.363. The highest BCUT2D eigenvalue weighted by molar-refractivity contribution is 9.10. The van der Waals surface area contributed by atoms with E-state index in [1.807, 2.05) is 6.07 Å². The summed E-state index contributed by atoms with van der Waals surface area (Å²) >= 11 is 3.41. The molecule has 1 atom stereocenters. The van der Waals surface area contributed by atoms with E-state index in [1.54, 1.807) is 6.20 Å². The Kier molecular flexibility index (Phi) is 2.88. The standard InChI is InChI=1S/C9H12BrN3O/c10-8-3-6(11)4-12-9(8)13-7-1-2-14-5-7/h3-4,7H,1-2,5,11H2,(H,12,13). The Morgan fingerprint density at radius 1 is 1.64 bits per heavy atom. The summed E-state index contributed by atoms with van der Waals surface area (Å²) in [6, 6.07) is 2.20. The predicted octanol–water partition coefficient (Wildman–Crippen LogP) is 1.63. The first-order valence-electron chi connectivity index (χ1n) is 4.51. The number of anilines is 2. The van der Waals surface area contributed by atoms with Gasteiger partial charge >= 0.3 is 0 Å². The minimum Gasteiger partial charge on any atom is -0.397 e. The van der Waals surface area contributed by atoms with Crippen molar-refractivity contribution in [2.24, 2.45) is 0 Å². The molecule has 1 aromatic heterocycles. The third kappa shape index (κ3) is 2.16. The Morgan fingerprint density at radius 3 is 3.14 bits per heavy atom. The van der Waals surface area contributed by atoms with Crippen molar-refractivity contribution >= 4 is 27.4 Å². The second-order valence-electron chi connectivity index (χ2n) is 3.30. The monoisotopic (exact) mass is 257 g/mol. The van der Waals surface area contributed by atoms with Crippen LogP contribution in [0.5, 0.6) is 0 Å². The largest absolute Gasteiger partial charge is 0.397 e. The molecule has 0 aromatic carbocycles. The van der Waals surface area contributed by atoms with Gasteiger partial charge in [-0.05, 0) is 28.4 Å². The van der Waals surface area contributed by atoms with Crippen LogP contribution in [-0.4, -0.2) is 24.2 Å². The fourth-order valence-corrected chi connectivity index (χ4v) is 1.88. The summed E-state index contributed by atoms with van der Waals surface area (Å²) in [5.41, 5.74) is 6.25. The second-order valence-corrected chi connectivity index (χ2v) is 4.16. The summed E-state index contributed by atoms with van der Waals surface area (Å²) in [7, 11) is 0. The van der Waals surface area contributed by atoms with E-state index in [1.165, 1.54) is 0 Å². The molecule has 0 saturated carbocycles. The number of hydrogen-bond acceptors (Lipinski definition) is 4. The number of aromatic nitrogens is 1. The Morgan fingerprint density at radius 2 is 2.50 bits per heavy atom. The SMILES string of the molecule is Nc1cnc(NC2CCOC2)c(Br)c1. The van der Waals surface area contributed by atoms with Crippen LogP contribution in [0.1, 0.15) is 6.42 Å². The lowest BCUT2D eigenvalue weighted by molar-refractivity contribution is 0.195. The van der Waals surface area contributed by atoms with Crippen molar-refractivity contribution in [2.45, 2.75) is 12.5 Å². The van der Waals surface area contributed by atoms with Crippen molar-refractivity contribution in [3.8, 4) is 0 Å². The van der Waals surface area contributed by atoms with Crippen LogP contribution in [0.2, 0.25) is 0 Å². The van der Waals surface area contributed by atoms with Crippen LogP contribution < -0.4 is 11.1 Å². The zero-order valence-corrected chi connectivity index (χ0v) is 9.25. The Hall–Kier alpha value is -0.810. The van der Waals surface area contributed by atoms with Crippen LogP contribution >= 0.6 is 15.9 Å². The zero-order chi connectivity index (χ0) is 9.97. The lowest BCUT2D eigenvalue weighted by Crippen LogP contribution is -2.19. The molecular formula is C9H12BrN3O. The highest BCUT2D eigenvalue weighted by Gasteiger charge is 2.16. The molecule has 4 nitrogen and oxygen atoms in total. The van der Waals surface area contributed by atoms with Gasteiger partial charge in [-0.2, -0.15) is 0 Å². The van der Waals surface area contributed by atoms with E-state index >= 15 is 0 Å². The molecule has 1 unspecified atom stereocenters. The maximum absolute atomic E-state index is 5.59. The van der Waals surface area contributed by atoms with E-state index in [2.05, 4.69) is 26.2 Å². The average Bonchev–Trinajstić information content (AvgIpc) is 2.62. The Labute approximate surface area is 91.0 Å². The lowest BCUT2D eigenvalue weighted by atomic mass is 10.2. The second kappa shape index (κ2) is 4.14. The number of rotatable bonds is 2. The minimum absolute atomic E-state index is 0.363. The van der Waals surface area contributed by atoms with Crippen molar-refractivity contribution in [2.75, 3.05) is 24.3 Å². The first kappa shape index (κ1) is 9.73. The molecule has 1 aliphatic heterocycles. The Bertz CT molecular complexity index is 326. The number of halogens is 1. The molecule has 3 N–H and O–H groups in total. The molecule has 14 heavy (non-hydrogen) atoms. The van der Waals surface area contributed by atoms with E-state index in [4.69, 9.17) is 10.5 Å². The van der Waals surface area contributed by atoms with Gasteiger partial charge in [-0.1, -0.05) is 0 Å². The molecule has 76 valence electrons. The van der Waals surface area contributed by atoms with Crippen LogP contribution in [0, 0.1) is 0 Å². The molecule has 0 radical (unpaired) electrons. The van der Waals surface area contributed by atoms with Crippen molar-refractivity contribution in [3.63, 3.8) is 0 Å². The molecule has 2 heterocycles. The van der Waals surface area contributed by atoms with Crippen molar-refractivity contribution in [1.82, 2.24) is 4.98 Å². The van der Waals surface area contributed by atoms with Gasteiger partial charge in [0, 0.05) is 6.61 Å². The average molecular weight is 258 g/mol. The lowest BCUT2D eigenvalue weighted by Gasteiger charge is -2.12. The van der Waals surface area contributed by atoms with Gasteiger partial charge in [0.2, 0.25) is 0 Å². The van der Waals surface area contributed by atoms with E-state index in [0.717, 1.165) is 29.9 Å². The first-order valence-corrected chi connectivity index (χ1v) is 5.30. The zero-order valence-electron chi connectivity index (χ0n) is 7.66.